The van der Waals surface area contributed by atoms with Crippen LogP contribution in [0.15, 0.2) is 18.2 Å². The maximum Gasteiger partial charge on any atom is 0.0416 e. The molecule has 2 rings (SSSR count). The summed E-state index contributed by atoms with van der Waals surface area (Å²) in [7, 11) is 0. The summed E-state index contributed by atoms with van der Waals surface area (Å²) in [6.45, 7) is 8.98. The lowest BCUT2D eigenvalue weighted by Crippen LogP contribution is -2.26. The number of hydrogen-bond donors (Lipinski definition) is 1. The molecule has 0 bridgehead atoms. The molecule has 0 spiro atoms. The molecule has 2 atom stereocenters. The fraction of sp³-hybridized carbons (Fsp3) is 0.571. The average molecular weight is 235 g/mol. The van der Waals surface area contributed by atoms with E-state index in [1.165, 1.54) is 16.7 Å². The van der Waals surface area contributed by atoms with E-state index < -0.39 is 0 Å². The number of rotatable bonds is 0. The highest BCUT2D eigenvalue weighted by Crippen LogP contribution is 2.37. The average Bonchev–Trinajstić information content (AvgIpc) is 2.22. The predicted molar refractivity (Wildman–Crippen MR) is 72.8 cm³/mol. The van der Waals surface area contributed by atoms with Gasteiger partial charge >= 0.3 is 0 Å². The largest absolute Gasteiger partial charge is 0.323 e. The molecule has 2 N–H and O–H groups in total. The van der Waals surface area contributed by atoms with Gasteiger partial charge in [-0.25, -0.2) is 0 Å². The molecule has 88 valence electrons. The zero-order valence-corrected chi connectivity index (χ0v) is 11.4. The molecular weight excluding hydrogens is 214 g/mol. The molecule has 0 aromatic heterocycles. The number of fused-ring (bicyclic) bond motifs is 1. The first-order valence-electron chi connectivity index (χ1n) is 5.90. The lowest BCUT2D eigenvalue weighted by atomic mass is 9.84. The van der Waals surface area contributed by atoms with E-state index in [1.807, 2.05) is 11.8 Å². The first-order chi connectivity index (χ1) is 7.39. The van der Waals surface area contributed by atoms with Gasteiger partial charge in [0.05, 0.1) is 0 Å². The van der Waals surface area contributed by atoms with Gasteiger partial charge in [-0.3, -0.25) is 0 Å². The molecule has 0 fully saturated rings. The molecule has 0 saturated carbocycles. The molecule has 1 heterocycles. The molecule has 0 amide bonds. The van der Waals surface area contributed by atoms with E-state index in [-0.39, 0.29) is 11.5 Å². The molecule has 0 saturated heterocycles. The van der Waals surface area contributed by atoms with Crippen LogP contribution in [0.2, 0.25) is 0 Å². The third kappa shape index (κ3) is 2.14. The Bertz CT molecular complexity index is 392. The zero-order chi connectivity index (χ0) is 11.9. The Morgan fingerprint density at radius 3 is 2.62 bits per heavy atom. The van der Waals surface area contributed by atoms with Gasteiger partial charge in [0.15, 0.2) is 0 Å². The Hall–Kier alpha value is -0.470. The van der Waals surface area contributed by atoms with Gasteiger partial charge in [0.1, 0.15) is 0 Å². The van der Waals surface area contributed by atoms with Crippen molar-refractivity contribution in [3.63, 3.8) is 0 Å². The van der Waals surface area contributed by atoms with Crippen LogP contribution in [0.4, 0.5) is 0 Å². The molecule has 2 heteroatoms. The van der Waals surface area contributed by atoms with Crippen molar-refractivity contribution in [3.8, 4) is 0 Å². The standard InChI is InChI=1S/C14H21NS/c1-9-13(15)12-7-11(14(2,3)4)6-5-10(12)8-16-9/h5-7,9,13H,8,15H2,1-4H3. The van der Waals surface area contributed by atoms with Crippen LogP contribution in [0.3, 0.4) is 0 Å². The van der Waals surface area contributed by atoms with Gasteiger partial charge in [-0.1, -0.05) is 45.9 Å². The third-order valence-electron chi connectivity index (χ3n) is 3.38. The summed E-state index contributed by atoms with van der Waals surface area (Å²) < 4.78 is 0. The van der Waals surface area contributed by atoms with Crippen molar-refractivity contribution >= 4 is 11.8 Å². The highest BCUT2D eigenvalue weighted by Gasteiger charge is 2.25. The van der Waals surface area contributed by atoms with E-state index in [9.17, 15) is 0 Å². The van der Waals surface area contributed by atoms with Crippen molar-refractivity contribution < 1.29 is 0 Å². The van der Waals surface area contributed by atoms with Crippen LogP contribution < -0.4 is 5.73 Å². The van der Waals surface area contributed by atoms with Gasteiger partial charge in [0.2, 0.25) is 0 Å². The van der Waals surface area contributed by atoms with E-state index in [4.69, 9.17) is 5.73 Å². The van der Waals surface area contributed by atoms with Gasteiger partial charge in [-0.15, -0.1) is 0 Å². The van der Waals surface area contributed by atoms with Crippen LogP contribution in [-0.2, 0) is 11.2 Å². The summed E-state index contributed by atoms with van der Waals surface area (Å²) in [5, 5.41) is 0.530. The number of thioether (sulfide) groups is 1. The monoisotopic (exact) mass is 235 g/mol. The summed E-state index contributed by atoms with van der Waals surface area (Å²) >= 11 is 1.96. The zero-order valence-electron chi connectivity index (χ0n) is 10.6. The third-order valence-corrected chi connectivity index (χ3v) is 4.68. The minimum absolute atomic E-state index is 0.191. The first-order valence-corrected chi connectivity index (χ1v) is 6.95. The molecule has 0 radical (unpaired) electrons. The van der Waals surface area contributed by atoms with E-state index >= 15 is 0 Å². The van der Waals surface area contributed by atoms with Crippen molar-refractivity contribution in [3.05, 3.63) is 34.9 Å². The van der Waals surface area contributed by atoms with Crippen LogP contribution in [0.1, 0.15) is 50.4 Å². The molecule has 0 aliphatic carbocycles. The van der Waals surface area contributed by atoms with Gasteiger partial charge in [-0.05, 0) is 22.1 Å². The van der Waals surface area contributed by atoms with E-state index in [2.05, 4.69) is 45.9 Å². The lowest BCUT2D eigenvalue weighted by Gasteiger charge is -2.30. The van der Waals surface area contributed by atoms with E-state index in [0.717, 1.165) is 5.75 Å². The van der Waals surface area contributed by atoms with Crippen molar-refractivity contribution in [2.24, 2.45) is 5.73 Å². The summed E-state index contributed by atoms with van der Waals surface area (Å²) in [4.78, 5) is 0. The van der Waals surface area contributed by atoms with Crippen molar-refractivity contribution in [1.82, 2.24) is 0 Å². The molecule has 1 nitrogen and oxygen atoms in total. The molecule has 1 aliphatic rings. The van der Waals surface area contributed by atoms with Crippen LogP contribution in [-0.4, -0.2) is 5.25 Å². The number of benzene rings is 1. The summed E-state index contributed by atoms with van der Waals surface area (Å²) in [6.07, 6.45) is 0. The summed E-state index contributed by atoms with van der Waals surface area (Å²) in [5.74, 6) is 1.11. The highest BCUT2D eigenvalue weighted by molar-refractivity contribution is 7.99. The predicted octanol–water partition coefficient (Wildman–Crippen LogP) is 3.62. The van der Waals surface area contributed by atoms with E-state index in [1.54, 1.807) is 0 Å². The molecule has 1 aromatic carbocycles. The highest BCUT2D eigenvalue weighted by atomic mass is 32.2. The second-order valence-corrected chi connectivity index (χ2v) is 7.07. The fourth-order valence-electron chi connectivity index (χ4n) is 2.08. The van der Waals surface area contributed by atoms with Crippen molar-refractivity contribution in [2.45, 2.75) is 50.2 Å². The minimum Gasteiger partial charge on any atom is -0.323 e. The Morgan fingerprint density at radius 1 is 1.31 bits per heavy atom. The maximum absolute atomic E-state index is 6.28. The number of hydrogen-bond acceptors (Lipinski definition) is 2. The van der Waals surface area contributed by atoms with Crippen LogP contribution in [0, 0.1) is 0 Å². The SMILES string of the molecule is CC1SCc2ccc(C(C)(C)C)cc2C1N. The molecule has 1 aromatic rings. The fourth-order valence-corrected chi connectivity index (χ4v) is 3.14. The number of nitrogens with two attached hydrogens (primary N) is 1. The maximum atomic E-state index is 6.28. The Kier molecular flexibility index (Phi) is 3.06. The van der Waals surface area contributed by atoms with Crippen LogP contribution in [0.5, 0.6) is 0 Å². The van der Waals surface area contributed by atoms with E-state index in [0.29, 0.717) is 5.25 Å². The van der Waals surface area contributed by atoms with Crippen LogP contribution >= 0.6 is 11.8 Å². The molecular formula is C14H21NS. The smallest absolute Gasteiger partial charge is 0.0416 e. The second-order valence-electron chi connectivity index (χ2n) is 5.71. The summed E-state index contributed by atoms with van der Waals surface area (Å²) in [6, 6.07) is 7.02. The molecule has 1 aliphatic heterocycles. The lowest BCUT2D eigenvalue weighted by molar-refractivity contribution is 0.586. The second kappa shape index (κ2) is 4.08. The van der Waals surface area contributed by atoms with Crippen molar-refractivity contribution in [1.29, 1.82) is 0 Å². The minimum atomic E-state index is 0.191. The van der Waals surface area contributed by atoms with Gasteiger partial charge < -0.3 is 5.73 Å². The van der Waals surface area contributed by atoms with Gasteiger partial charge in [0.25, 0.3) is 0 Å². The Balaban J connectivity index is 2.45. The van der Waals surface area contributed by atoms with Crippen molar-refractivity contribution in [2.75, 3.05) is 0 Å². The first kappa shape index (κ1) is 12.0. The Morgan fingerprint density at radius 2 is 2.00 bits per heavy atom. The topological polar surface area (TPSA) is 26.0 Å². The van der Waals surface area contributed by atoms with Gasteiger partial charge in [0, 0.05) is 17.0 Å². The van der Waals surface area contributed by atoms with Crippen LogP contribution in [0.25, 0.3) is 0 Å². The molecule has 16 heavy (non-hydrogen) atoms. The normalized spacial score (nSPS) is 25.3. The summed E-state index contributed by atoms with van der Waals surface area (Å²) in [5.41, 5.74) is 10.7. The Labute approximate surface area is 103 Å². The van der Waals surface area contributed by atoms with Gasteiger partial charge in [-0.2, -0.15) is 11.8 Å². The molecule has 2 unspecified atom stereocenters. The quantitative estimate of drug-likeness (QED) is 0.743.